The number of furan rings is 1. The highest BCUT2D eigenvalue weighted by Gasteiger charge is 2.13. The number of nitriles is 1. The Morgan fingerprint density at radius 2 is 1.96 bits per heavy atom. The molecule has 0 atom stereocenters. The van der Waals surface area contributed by atoms with Crippen LogP contribution in [0.2, 0.25) is 0 Å². The summed E-state index contributed by atoms with van der Waals surface area (Å²) >= 11 is 0. The van der Waals surface area contributed by atoms with E-state index in [1.54, 1.807) is 36.4 Å². The molecule has 2 aromatic carbocycles. The van der Waals surface area contributed by atoms with Gasteiger partial charge in [0, 0.05) is 0 Å². The van der Waals surface area contributed by atoms with Gasteiger partial charge in [-0.05, 0) is 36.4 Å². The fraction of sp³-hybridized carbons (Fsp3) is 0.0952. The monoisotopic (exact) mass is 372 g/mol. The topological polar surface area (TPSA) is 104 Å². The van der Waals surface area contributed by atoms with Crippen molar-refractivity contribution in [1.29, 1.82) is 5.26 Å². The Labute approximate surface area is 160 Å². The number of imidazole rings is 1. The summed E-state index contributed by atoms with van der Waals surface area (Å²) in [6.07, 6.45) is 0. The van der Waals surface area contributed by atoms with E-state index in [1.165, 1.54) is 0 Å². The maximum Gasteiger partial charge on any atom is 0.287 e. The van der Waals surface area contributed by atoms with E-state index >= 15 is 0 Å². The average Bonchev–Trinajstić information content (AvgIpc) is 3.37. The van der Waals surface area contributed by atoms with Gasteiger partial charge >= 0.3 is 0 Å². The Morgan fingerprint density at radius 3 is 2.82 bits per heavy atom. The summed E-state index contributed by atoms with van der Waals surface area (Å²) in [5, 5.41) is 11.8. The van der Waals surface area contributed by atoms with Crippen LogP contribution in [0.4, 0.5) is 0 Å². The maximum atomic E-state index is 12.3. The van der Waals surface area contributed by atoms with Gasteiger partial charge in [-0.2, -0.15) is 5.26 Å². The first-order chi connectivity index (χ1) is 13.7. The van der Waals surface area contributed by atoms with Crippen molar-refractivity contribution in [3.8, 4) is 11.8 Å². The molecule has 0 saturated carbocycles. The molecule has 0 spiro atoms. The van der Waals surface area contributed by atoms with Crippen molar-refractivity contribution in [3.05, 3.63) is 83.6 Å². The molecule has 0 aliphatic rings. The predicted octanol–water partition coefficient (Wildman–Crippen LogP) is 3.54. The van der Waals surface area contributed by atoms with Gasteiger partial charge in [0.05, 0.1) is 23.1 Å². The zero-order valence-electron chi connectivity index (χ0n) is 14.8. The predicted molar refractivity (Wildman–Crippen MR) is 101 cm³/mol. The minimum Gasteiger partial charge on any atom is -0.484 e. The molecule has 0 saturated heterocycles. The Bertz CT molecular complexity index is 1140. The van der Waals surface area contributed by atoms with Gasteiger partial charge in [-0.15, -0.1) is 0 Å². The molecule has 7 nitrogen and oxygen atoms in total. The number of ether oxygens (including phenoxy) is 1. The fourth-order valence-corrected chi connectivity index (χ4v) is 2.75. The summed E-state index contributed by atoms with van der Waals surface area (Å²) < 4.78 is 11.1. The van der Waals surface area contributed by atoms with Gasteiger partial charge in [0.2, 0.25) is 0 Å². The number of nitrogens with zero attached hydrogens (tertiary/aromatic N) is 2. The SMILES string of the molecule is N#Cc1ccccc1OCc1ccc(C(=O)NCc2nc3ccccc3[nH]2)o1. The third-order valence-corrected chi connectivity index (χ3v) is 4.12. The molecule has 0 fully saturated rings. The van der Waals surface area contributed by atoms with Crippen molar-refractivity contribution in [1.82, 2.24) is 15.3 Å². The Morgan fingerprint density at radius 1 is 1.14 bits per heavy atom. The van der Waals surface area contributed by atoms with Crippen LogP contribution in [0.1, 0.15) is 27.7 Å². The van der Waals surface area contributed by atoms with Crippen LogP contribution >= 0.6 is 0 Å². The Kier molecular flexibility index (Phi) is 4.76. The van der Waals surface area contributed by atoms with E-state index in [1.807, 2.05) is 24.3 Å². The lowest BCUT2D eigenvalue weighted by molar-refractivity contribution is 0.0918. The van der Waals surface area contributed by atoms with Gasteiger partial charge < -0.3 is 19.5 Å². The number of aromatic amines is 1. The highest BCUT2D eigenvalue weighted by Crippen LogP contribution is 2.19. The number of rotatable bonds is 6. The first-order valence-electron chi connectivity index (χ1n) is 8.65. The number of carbonyl (C=O) groups is 1. The second-order valence-corrected chi connectivity index (χ2v) is 6.05. The first kappa shape index (κ1) is 17.4. The van der Waals surface area contributed by atoms with Crippen LogP contribution in [0.15, 0.2) is 65.1 Å². The summed E-state index contributed by atoms with van der Waals surface area (Å²) in [5.74, 6) is 1.46. The number of fused-ring (bicyclic) bond motifs is 1. The van der Waals surface area contributed by atoms with Crippen LogP contribution in [0.3, 0.4) is 0 Å². The lowest BCUT2D eigenvalue weighted by Crippen LogP contribution is -2.22. The molecule has 28 heavy (non-hydrogen) atoms. The number of hydrogen-bond donors (Lipinski definition) is 2. The molecule has 0 aliphatic carbocycles. The third-order valence-electron chi connectivity index (χ3n) is 4.12. The zero-order chi connectivity index (χ0) is 19.3. The molecule has 0 aliphatic heterocycles. The van der Waals surface area contributed by atoms with E-state index in [4.69, 9.17) is 14.4 Å². The molecule has 138 valence electrons. The molecule has 0 unspecified atom stereocenters. The van der Waals surface area contributed by atoms with Crippen LogP contribution in [-0.2, 0) is 13.2 Å². The number of para-hydroxylation sites is 3. The van der Waals surface area contributed by atoms with Crippen molar-refractivity contribution in [2.45, 2.75) is 13.2 Å². The molecule has 4 aromatic rings. The largest absolute Gasteiger partial charge is 0.484 e. The molecular weight excluding hydrogens is 356 g/mol. The lowest BCUT2D eigenvalue weighted by atomic mass is 10.2. The molecule has 4 rings (SSSR count). The highest BCUT2D eigenvalue weighted by molar-refractivity contribution is 5.91. The number of hydrogen-bond acceptors (Lipinski definition) is 5. The Hall–Kier alpha value is -4.05. The van der Waals surface area contributed by atoms with Crippen LogP contribution in [0.5, 0.6) is 5.75 Å². The van der Waals surface area contributed by atoms with E-state index in [0.29, 0.717) is 22.9 Å². The second-order valence-electron chi connectivity index (χ2n) is 6.05. The second kappa shape index (κ2) is 7.68. The van der Waals surface area contributed by atoms with E-state index in [9.17, 15) is 4.79 Å². The van der Waals surface area contributed by atoms with Crippen molar-refractivity contribution in [3.63, 3.8) is 0 Å². The average molecular weight is 372 g/mol. The number of benzene rings is 2. The van der Waals surface area contributed by atoms with Crippen LogP contribution in [0, 0.1) is 11.3 Å². The summed E-state index contributed by atoms with van der Waals surface area (Å²) in [4.78, 5) is 19.9. The van der Waals surface area contributed by atoms with E-state index in [2.05, 4.69) is 21.4 Å². The molecule has 0 bridgehead atoms. The lowest BCUT2D eigenvalue weighted by Gasteiger charge is -2.05. The summed E-state index contributed by atoms with van der Waals surface area (Å²) in [6.45, 7) is 0.380. The molecule has 7 heteroatoms. The number of aromatic nitrogens is 2. The number of amides is 1. The molecule has 2 N–H and O–H groups in total. The maximum absolute atomic E-state index is 12.3. The van der Waals surface area contributed by atoms with Crippen molar-refractivity contribution < 1.29 is 13.9 Å². The summed E-state index contributed by atoms with van der Waals surface area (Å²) in [6, 6.07) is 19.9. The zero-order valence-corrected chi connectivity index (χ0v) is 14.8. The molecular formula is C21H16N4O3. The van der Waals surface area contributed by atoms with Gasteiger partial charge in [0.1, 0.15) is 30.0 Å². The first-order valence-corrected chi connectivity index (χ1v) is 8.65. The van der Waals surface area contributed by atoms with Crippen LogP contribution in [0.25, 0.3) is 11.0 Å². The van der Waals surface area contributed by atoms with Gasteiger partial charge in [-0.3, -0.25) is 4.79 Å². The van der Waals surface area contributed by atoms with Gasteiger partial charge in [0.25, 0.3) is 5.91 Å². The van der Waals surface area contributed by atoms with Gasteiger partial charge in [0.15, 0.2) is 5.76 Å². The normalized spacial score (nSPS) is 10.5. The van der Waals surface area contributed by atoms with E-state index in [0.717, 1.165) is 11.0 Å². The number of H-pyrrole nitrogens is 1. The third kappa shape index (κ3) is 3.71. The van der Waals surface area contributed by atoms with Crippen molar-refractivity contribution in [2.75, 3.05) is 0 Å². The molecule has 2 aromatic heterocycles. The van der Waals surface area contributed by atoms with Gasteiger partial charge in [-0.25, -0.2) is 4.98 Å². The standard InChI is InChI=1S/C21H16N4O3/c22-11-14-5-1-4-8-18(14)27-13-15-9-10-19(28-15)21(26)23-12-20-24-16-6-2-3-7-17(16)25-20/h1-10H,12-13H2,(H,23,26)(H,24,25). The van der Waals surface area contributed by atoms with Gasteiger partial charge in [-0.1, -0.05) is 24.3 Å². The molecule has 1 amide bonds. The molecule has 0 radical (unpaired) electrons. The van der Waals surface area contributed by atoms with E-state index in [-0.39, 0.29) is 24.8 Å². The van der Waals surface area contributed by atoms with E-state index < -0.39 is 0 Å². The quantitative estimate of drug-likeness (QED) is 0.539. The number of nitrogens with one attached hydrogen (secondary N) is 2. The van der Waals surface area contributed by atoms with Crippen LogP contribution in [-0.4, -0.2) is 15.9 Å². The highest BCUT2D eigenvalue weighted by atomic mass is 16.5. The van der Waals surface area contributed by atoms with Crippen LogP contribution < -0.4 is 10.1 Å². The molecule has 2 heterocycles. The fourth-order valence-electron chi connectivity index (χ4n) is 2.75. The van der Waals surface area contributed by atoms with Crippen molar-refractivity contribution in [2.24, 2.45) is 0 Å². The smallest absolute Gasteiger partial charge is 0.287 e. The minimum absolute atomic E-state index is 0.121. The number of carbonyl (C=O) groups excluding carboxylic acids is 1. The Balaban J connectivity index is 1.35. The van der Waals surface area contributed by atoms with Crippen molar-refractivity contribution >= 4 is 16.9 Å². The minimum atomic E-state index is -0.343. The summed E-state index contributed by atoms with van der Waals surface area (Å²) in [5.41, 5.74) is 2.21. The summed E-state index contributed by atoms with van der Waals surface area (Å²) in [7, 11) is 0.